The number of fused-ring (bicyclic) bond motifs is 6. The molecule has 3 aromatic heterocycles. The van der Waals surface area contributed by atoms with Crippen molar-refractivity contribution in [2.45, 2.75) is 105 Å². The summed E-state index contributed by atoms with van der Waals surface area (Å²) in [5.41, 5.74) is 19.4. The predicted molar refractivity (Wildman–Crippen MR) is 330 cm³/mol. The quantitative estimate of drug-likeness (QED) is 0.160. The fraction of sp³-hybridized carbons (Fsp3) is 0.219. The van der Waals surface area contributed by atoms with E-state index in [-0.39, 0.29) is 21.7 Å². The summed E-state index contributed by atoms with van der Waals surface area (Å²) in [4.78, 5) is 16.5. The molecule has 5 heteroatoms. The van der Waals surface area contributed by atoms with Gasteiger partial charge < -0.3 is 4.57 Å². The number of nitrogens with zero attached hydrogens (tertiary/aromatic N) is 5. The Morgan fingerprint density at radius 2 is 0.654 bits per heavy atom. The largest absolute Gasteiger partial charge is 0.309 e. The highest BCUT2D eigenvalue weighted by molar-refractivity contribution is 6.12. The fourth-order valence-corrected chi connectivity index (χ4v) is 11.1. The molecule has 12 aromatic rings. The summed E-state index contributed by atoms with van der Waals surface area (Å²) in [5.74, 6) is 1.75. The summed E-state index contributed by atoms with van der Waals surface area (Å²) in [5, 5.41) is 4.64. The van der Waals surface area contributed by atoms with E-state index in [1.807, 2.05) is 6.07 Å². The van der Waals surface area contributed by atoms with Crippen molar-refractivity contribution in [1.82, 2.24) is 24.1 Å². The van der Waals surface area contributed by atoms with Crippen molar-refractivity contribution in [1.29, 1.82) is 0 Å². The number of para-hydroxylation sites is 2. The van der Waals surface area contributed by atoms with Gasteiger partial charge in [0.15, 0.2) is 11.6 Å². The maximum atomic E-state index is 5.60. The van der Waals surface area contributed by atoms with E-state index < -0.39 is 0 Å². The molecule has 3 heterocycles. The Labute approximate surface area is 460 Å². The Bertz CT molecular complexity index is 4080. The molecule has 5 nitrogen and oxygen atoms in total. The van der Waals surface area contributed by atoms with Crippen LogP contribution in [0.4, 0.5) is 0 Å². The average molecular weight is 1020 g/mol. The van der Waals surface area contributed by atoms with Gasteiger partial charge in [0.05, 0.1) is 27.8 Å². The van der Waals surface area contributed by atoms with Crippen LogP contribution in [0.1, 0.15) is 105 Å². The summed E-state index contributed by atoms with van der Waals surface area (Å²) in [6.45, 7) is 27.7. The molecule has 386 valence electrons. The van der Waals surface area contributed by atoms with Crippen LogP contribution in [0.5, 0.6) is 0 Å². The normalized spacial score (nSPS) is 12.6. The number of rotatable bonds is 7. The number of hydrogen-bond donors (Lipinski definition) is 0. The second kappa shape index (κ2) is 18.7. The van der Waals surface area contributed by atoms with E-state index in [0.717, 1.165) is 49.7 Å². The van der Waals surface area contributed by atoms with E-state index in [9.17, 15) is 0 Å². The molecule has 9 aromatic carbocycles. The van der Waals surface area contributed by atoms with Gasteiger partial charge in [0, 0.05) is 32.7 Å². The van der Waals surface area contributed by atoms with Crippen LogP contribution in [0.3, 0.4) is 0 Å². The maximum Gasteiger partial charge on any atom is 0.238 e. The maximum absolute atomic E-state index is 5.60. The summed E-state index contributed by atoms with van der Waals surface area (Å²) in [6, 6.07) is 73.4. The molecule has 0 aliphatic heterocycles. The van der Waals surface area contributed by atoms with Gasteiger partial charge in [-0.1, -0.05) is 229 Å². The van der Waals surface area contributed by atoms with Crippen molar-refractivity contribution in [3.8, 4) is 67.8 Å². The zero-order valence-corrected chi connectivity index (χ0v) is 47.3. The molecule has 0 saturated heterocycles. The van der Waals surface area contributed by atoms with Gasteiger partial charge >= 0.3 is 0 Å². The minimum Gasteiger partial charge on any atom is -0.309 e. The molecule has 0 spiro atoms. The van der Waals surface area contributed by atoms with Crippen LogP contribution >= 0.6 is 0 Å². The third-order valence-corrected chi connectivity index (χ3v) is 15.8. The van der Waals surface area contributed by atoms with Crippen molar-refractivity contribution in [2.24, 2.45) is 0 Å². The first-order valence-electron chi connectivity index (χ1n) is 27.6. The van der Waals surface area contributed by atoms with Crippen LogP contribution in [0, 0.1) is 0 Å². The lowest BCUT2D eigenvalue weighted by atomic mass is 9.78. The molecule has 0 aliphatic carbocycles. The van der Waals surface area contributed by atoms with Gasteiger partial charge in [0.2, 0.25) is 5.95 Å². The molecule has 0 radical (unpaired) electrons. The number of benzene rings is 9. The monoisotopic (exact) mass is 1020 g/mol. The summed E-state index contributed by atoms with van der Waals surface area (Å²) >= 11 is 0. The molecular weight excluding hydrogens is 947 g/mol. The van der Waals surface area contributed by atoms with Crippen molar-refractivity contribution in [2.75, 3.05) is 0 Å². The minimum atomic E-state index is -0.0303. The molecule has 0 amide bonds. The molecule has 0 fully saturated rings. The van der Waals surface area contributed by atoms with Crippen molar-refractivity contribution >= 4 is 43.6 Å². The van der Waals surface area contributed by atoms with E-state index in [1.54, 1.807) is 0 Å². The summed E-state index contributed by atoms with van der Waals surface area (Å²) in [7, 11) is 0. The first kappa shape index (κ1) is 50.4. The Morgan fingerprint density at radius 3 is 1.15 bits per heavy atom. The summed E-state index contributed by atoms with van der Waals surface area (Å²) < 4.78 is 4.64. The minimum absolute atomic E-state index is 0.0303. The van der Waals surface area contributed by atoms with Crippen molar-refractivity contribution in [3.05, 3.63) is 222 Å². The van der Waals surface area contributed by atoms with Gasteiger partial charge in [-0.15, -0.1) is 0 Å². The van der Waals surface area contributed by atoms with Gasteiger partial charge in [0.1, 0.15) is 0 Å². The lowest BCUT2D eigenvalue weighted by Crippen LogP contribution is -2.16. The molecule has 0 saturated carbocycles. The number of aromatic nitrogens is 5. The predicted octanol–water partition coefficient (Wildman–Crippen LogP) is 19.6. The topological polar surface area (TPSA) is 48.5 Å². The van der Waals surface area contributed by atoms with E-state index in [1.165, 1.54) is 66.4 Å². The third-order valence-electron chi connectivity index (χ3n) is 15.8. The van der Waals surface area contributed by atoms with E-state index in [0.29, 0.717) is 17.6 Å². The highest BCUT2D eigenvalue weighted by atomic mass is 15.2. The Kier molecular flexibility index (Phi) is 12.1. The molecule has 12 rings (SSSR count). The SMILES string of the molecule is CC(C)(C)c1cc(-c2ccc3c(c2)c2cc(-c4cc(C(C)(C)C)cc(C(C)(C)C)c4)ccc2n3-c2nc(-c3ccccc3)nc(-c3ccccc3-n3c4ccccc4c4cc(-c5ccccc5)ccc43)n2)cc(C(C)(C)C)c1. The van der Waals surface area contributed by atoms with Crippen LogP contribution in [0.25, 0.3) is 111 Å². The van der Waals surface area contributed by atoms with E-state index in [2.05, 4.69) is 286 Å². The van der Waals surface area contributed by atoms with Gasteiger partial charge in [-0.3, -0.25) is 4.57 Å². The van der Waals surface area contributed by atoms with Gasteiger partial charge in [-0.25, -0.2) is 4.98 Å². The van der Waals surface area contributed by atoms with Crippen LogP contribution in [-0.2, 0) is 21.7 Å². The van der Waals surface area contributed by atoms with Gasteiger partial charge in [-0.2, -0.15) is 9.97 Å². The highest BCUT2D eigenvalue weighted by Crippen LogP contribution is 2.43. The highest BCUT2D eigenvalue weighted by Gasteiger charge is 2.26. The Morgan fingerprint density at radius 1 is 0.269 bits per heavy atom. The van der Waals surface area contributed by atoms with E-state index in [4.69, 9.17) is 15.0 Å². The molecule has 0 N–H and O–H groups in total. The molecule has 0 unspecified atom stereocenters. The molecule has 0 atom stereocenters. The lowest BCUT2D eigenvalue weighted by molar-refractivity contribution is 0.568. The second-order valence-corrected chi connectivity index (χ2v) is 25.5. The van der Waals surface area contributed by atoms with Crippen LogP contribution in [0.2, 0.25) is 0 Å². The smallest absolute Gasteiger partial charge is 0.238 e. The van der Waals surface area contributed by atoms with Crippen LogP contribution < -0.4 is 0 Å². The Balaban J connectivity index is 1.12. The average Bonchev–Trinajstić information content (AvgIpc) is 4.11. The molecule has 0 aliphatic rings. The Hall–Kier alpha value is -8.41. The first-order chi connectivity index (χ1) is 37.2. The first-order valence-corrected chi connectivity index (χ1v) is 27.6. The van der Waals surface area contributed by atoms with Gasteiger partial charge in [0.25, 0.3) is 0 Å². The number of hydrogen-bond acceptors (Lipinski definition) is 3. The zero-order valence-electron chi connectivity index (χ0n) is 47.3. The standard InChI is InChI=1S/C73H69N5/c1-70(2,3)53-37-51(38-54(44-53)71(4,5)6)49-32-35-65-60(42-49)61-43-50(52-39-55(72(7,8)9)45-56(40-52)73(10,11)12)33-36-66(61)78(65)69-75-67(47-25-17-14-18-26-47)74-68(76-69)58-28-20-22-30-63(58)77-62-29-21-19-27-57(62)59-41-48(31-34-64(59)77)46-23-15-13-16-24-46/h13-45H,1-12H3. The third kappa shape index (κ3) is 9.19. The second-order valence-electron chi connectivity index (χ2n) is 25.5. The van der Waals surface area contributed by atoms with Crippen LogP contribution in [-0.4, -0.2) is 24.1 Å². The molecular formula is C73H69N5. The fourth-order valence-electron chi connectivity index (χ4n) is 11.1. The zero-order chi connectivity index (χ0) is 54.5. The molecule has 0 bridgehead atoms. The molecule has 78 heavy (non-hydrogen) atoms. The van der Waals surface area contributed by atoms with Crippen molar-refractivity contribution in [3.63, 3.8) is 0 Å². The van der Waals surface area contributed by atoms with E-state index >= 15 is 0 Å². The summed E-state index contributed by atoms with van der Waals surface area (Å²) in [6.07, 6.45) is 0. The van der Waals surface area contributed by atoms with Crippen LogP contribution in [0.15, 0.2) is 200 Å². The van der Waals surface area contributed by atoms with Crippen molar-refractivity contribution < 1.29 is 0 Å². The lowest BCUT2D eigenvalue weighted by Gasteiger charge is -2.26. The van der Waals surface area contributed by atoms with Gasteiger partial charge in [-0.05, 0) is 132 Å².